The van der Waals surface area contributed by atoms with Gasteiger partial charge >= 0.3 is 11.9 Å². The number of benzene rings is 1. The Hall–Kier alpha value is -2.57. The summed E-state index contributed by atoms with van der Waals surface area (Å²) < 4.78 is 10.1. The molecule has 0 saturated heterocycles. The maximum absolute atomic E-state index is 11.6. The van der Waals surface area contributed by atoms with Crippen molar-refractivity contribution in [2.24, 2.45) is 0 Å². The quantitative estimate of drug-likeness (QED) is 0.694. The number of hydrogen-bond donors (Lipinski definition) is 2. The molecule has 1 amide bonds. The van der Waals surface area contributed by atoms with Gasteiger partial charge in [0.05, 0.1) is 0 Å². The highest BCUT2D eigenvalue weighted by Gasteiger charge is 2.34. The minimum atomic E-state index is -1.01. The van der Waals surface area contributed by atoms with E-state index in [9.17, 15) is 19.5 Å². The lowest BCUT2D eigenvalue weighted by Gasteiger charge is -2.33. The number of hydrogen-bond acceptors (Lipinski definition) is 6. The van der Waals surface area contributed by atoms with Gasteiger partial charge in [0.2, 0.25) is 5.91 Å². The van der Waals surface area contributed by atoms with Crippen molar-refractivity contribution in [3.05, 3.63) is 29.8 Å². The molecule has 0 heterocycles. The van der Waals surface area contributed by atoms with Gasteiger partial charge in [0, 0.05) is 20.8 Å². The van der Waals surface area contributed by atoms with E-state index >= 15 is 0 Å². The van der Waals surface area contributed by atoms with Crippen LogP contribution in [0.1, 0.15) is 32.8 Å². The molecule has 0 spiro atoms. The number of esters is 2. The van der Waals surface area contributed by atoms with Crippen molar-refractivity contribution in [2.45, 2.75) is 39.2 Å². The molecule has 1 aromatic rings. The van der Waals surface area contributed by atoms with E-state index in [1.165, 1.54) is 20.8 Å². The fraction of sp³-hybridized carbons (Fsp3) is 0.471. The highest BCUT2D eigenvalue weighted by Crippen LogP contribution is 2.19. The van der Waals surface area contributed by atoms with Crippen LogP contribution >= 0.6 is 0 Å². The second kappa shape index (κ2) is 8.90. The Bertz CT molecular complexity index is 563. The first-order valence-corrected chi connectivity index (χ1v) is 7.56. The molecule has 0 radical (unpaired) electrons. The molecular formula is C17H23NO6. The summed E-state index contributed by atoms with van der Waals surface area (Å²) in [6.45, 7) is 3.67. The molecule has 0 bridgehead atoms. The third-order valence-electron chi connectivity index (χ3n) is 3.37. The minimum Gasteiger partial charge on any atom is -0.508 e. The topological polar surface area (TPSA) is 102 Å². The summed E-state index contributed by atoms with van der Waals surface area (Å²) in [4.78, 5) is 33.9. The standard InChI is InChI=1S/C17H23NO6/c1-12(19)18-17(10-23-13(2)20,11-24-14(3)21)9-8-15-4-6-16(22)7-5-15/h4-7,22H,8-11H2,1-3H3,(H,18,19). The summed E-state index contributed by atoms with van der Waals surface area (Å²) in [5.41, 5.74) is -0.0886. The molecule has 24 heavy (non-hydrogen) atoms. The number of phenols is 1. The second-order valence-corrected chi connectivity index (χ2v) is 5.69. The van der Waals surface area contributed by atoms with Crippen LogP contribution in [0.25, 0.3) is 0 Å². The molecule has 0 aliphatic carbocycles. The van der Waals surface area contributed by atoms with Gasteiger partial charge in [-0.3, -0.25) is 14.4 Å². The number of rotatable bonds is 8. The van der Waals surface area contributed by atoms with Crippen LogP contribution in [-0.4, -0.2) is 41.7 Å². The lowest BCUT2D eigenvalue weighted by Crippen LogP contribution is -2.55. The van der Waals surface area contributed by atoms with Gasteiger partial charge in [0.25, 0.3) is 0 Å². The highest BCUT2D eigenvalue weighted by molar-refractivity contribution is 5.74. The Labute approximate surface area is 141 Å². The van der Waals surface area contributed by atoms with E-state index in [0.717, 1.165) is 5.56 Å². The number of ether oxygens (including phenoxy) is 2. The summed E-state index contributed by atoms with van der Waals surface area (Å²) in [5.74, 6) is -1.14. The van der Waals surface area contributed by atoms with Gasteiger partial charge in [-0.25, -0.2) is 0 Å². The molecule has 1 rings (SSSR count). The first-order valence-electron chi connectivity index (χ1n) is 7.56. The summed E-state index contributed by atoms with van der Waals surface area (Å²) in [7, 11) is 0. The van der Waals surface area contributed by atoms with Crippen molar-refractivity contribution in [3.8, 4) is 5.75 Å². The van der Waals surface area contributed by atoms with Gasteiger partial charge < -0.3 is 19.9 Å². The average Bonchev–Trinajstić information content (AvgIpc) is 2.49. The van der Waals surface area contributed by atoms with E-state index in [4.69, 9.17) is 9.47 Å². The Kier molecular flexibility index (Phi) is 7.23. The van der Waals surface area contributed by atoms with Crippen molar-refractivity contribution in [3.63, 3.8) is 0 Å². The summed E-state index contributed by atoms with van der Waals surface area (Å²) >= 11 is 0. The van der Waals surface area contributed by atoms with Crippen molar-refractivity contribution in [1.82, 2.24) is 5.32 Å². The number of carbonyl (C=O) groups excluding carboxylic acids is 3. The molecule has 132 valence electrons. The first kappa shape index (κ1) is 19.5. The summed E-state index contributed by atoms with van der Waals surface area (Å²) in [5, 5.41) is 12.1. The Morgan fingerprint density at radius 3 is 1.92 bits per heavy atom. The van der Waals surface area contributed by atoms with Crippen LogP contribution in [0, 0.1) is 0 Å². The number of nitrogens with one attached hydrogen (secondary N) is 1. The fourth-order valence-electron chi connectivity index (χ4n) is 2.22. The van der Waals surface area contributed by atoms with Gasteiger partial charge in [-0.2, -0.15) is 0 Å². The van der Waals surface area contributed by atoms with E-state index in [0.29, 0.717) is 12.8 Å². The molecular weight excluding hydrogens is 314 g/mol. The smallest absolute Gasteiger partial charge is 0.302 e. The predicted molar refractivity (Wildman–Crippen MR) is 86.2 cm³/mol. The Balaban J connectivity index is 2.92. The van der Waals surface area contributed by atoms with Crippen molar-refractivity contribution >= 4 is 17.8 Å². The number of amides is 1. The van der Waals surface area contributed by atoms with Crippen LogP contribution in [0.15, 0.2) is 24.3 Å². The average molecular weight is 337 g/mol. The normalized spacial score (nSPS) is 10.8. The van der Waals surface area contributed by atoms with Gasteiger partial charge in [0.15, 0.2) is 0 Å². The van der Waals surface area contributed by atoms with E-state index in [2.05, 4.69) is 5.32 Å². The van der Waals surface area contributed by atoms with Gasteiger partial charge in [-0.15, -0.1) is 0 Å². The van der Waals surface area contributed by atoms with Crippen LogP contribution in [0.2, 0.25) is 0 Å². The lowest BCUT2D eigenvalue weighted by molar-refractivity contribution is -0.150. The third kappa shape index (κ3) is 7.13. The zero-order valence-corrected chi connectivity index (χ0v) is 14.1. The first-order chi connectivity index (χ1) is 11.2. The van der Waals surface area contributed by atoms with E-state index in [1.54, 1.807) is 24.3 Å². The third-order valence-corrected chi connectivity index (χ3v) is 3.37. The number of phenolic OH excluding ortho intramolecular Hbond substituents is 1. The van der Waals surface area contributed by atoms with Crippen molar-refractivity contribution < 1.29 is 29.0 Å². The van der Waals surface area contributed by atoms with Gasteiger partial charge in [-0.05, 0) is 30.5 Å². The van der Waals surface area contributed by atoms with Gasteiger partial charge in [0.1, 0.15) is 24.5 Å². The number of aryl methyl sites for hydroxylation is 1. The number of aromatic hydroxyl groups is 1. The number of carbonyl (C=O) groups is 3. The summed E-state index contributed by atoms with van der Waals surface area (Å²) in [6.07, 6.45) is 0.918. The zero-order chi connectivity index (χ0) is 18.2. The van der Waals surface area contributed by atoms with Crippen LogP contribution in [0.5, 0.6) is 5.75 Å². The monoisotopic (exact) mass is 337 g/mol. The SMILES string of the molecule is CC(=O)NC(CCc1ccc(O)cc1)(COC(C)=O)COC(C)=O. The van der Waals surface area contributed by atoms with Crippen LogP contribution in [-0.2, 0) is 30.3 Å². The Morgan fingerprint density at radius 1 is 1.00 bits per heavy atom. The minimum absolute atomic E-state index is 0.104. The largest absolute Gasteiger partial charge is 0.508 e. The molecule has 0 aliphatic rings. The second-order valence-electron chi connectivity index (χ2n) is 5.69. The highest BCUT2D eigenvalue weighted by atomic mass is 16.5. The van der Waals surface area contributed by atoms with Crippen LogP contribution in [0.3, 0.4) is 0 Å². The molecule has 0 aliphatic heterocycles. The molecule has 7 nitrogen and oxygen atoms in total. The Morgan fingerprint density at radius 2 is 1.50 bits per heavy atom. The van der Waals surface area contributed by atoms with E-state index < -0.39 is 17.5 Å². The van der Waals surface area contributed by atoms with Crippen molar-refractivity contribution in [2.75, 3.05) is 13.2 Å². The maximum Gasteiger partial charge on any atom is 0.302 e. The molecule has 7 heteroatoms. The van der Waals surface area contributed by atoms with E-state index in [-0.39, 0.29) is 24.9 Å². The van der Waals surface area contributed by atoms with Crippen molar-refractivity contribution in [1.29, 1.82) is 0 Å². The fourth-order valence-corrected chi connectivity index (χ4v) is 2.22. The zero-order valence-electron chi connectivity index (χ0n) is 14.1. The molecule has 0 fully saturated rings. The molecule has 0 aromatic heterocycles. The lowest BCUT2D eigenvalue weighted by atomic mass is 9.92. The van der Waals surface area contributed by atoms with Crippen LogP contribution in [0.4, 0.5) is 0 Å². The molecule has 0 saturated carbocycles. The van der Waals surface area contributed by atoms with Gasteiger partial charge in [-0.1, -0.05) is 12.1 Å². The molecule has 0 unspecified atom stereocenters. The molecule has 2 N–H and O–H groups in total. The molecule has 1 aromatic carbocycles. The molecule has 0 atom stereocenters. The maximum atomic E-state index is 11.6. The summed E-state index contributed by atoms with van der Waals surface area (Å²) in [6, 6.07) is 6.64. The van der Waals surface area contributed by atoms with Crippen LogP contribution < -0.4 is 5.32 Å². The predicted octanol–water partition coefficient (Wildman–Crippen LogP) is 1.33. The van der Waals surface area contributed by atoms with E-state index in [1.807, 2.05) is 0 Å².